The van der Waals surface area contributed by atoms with Crippen LogP contribution in [0.4, 0.5) is 8.78 Å². The zero-order valence-corrected chi connectivity index (χ0v) is 15.8. The number of carbonyl (C=O) groups is 1. The summed E-state index contributed by atoms with van der Waals surface area (Å²) in [6, 6.07) is 3.05. The number of benzene rings is 1. The summed E-state index contributed by atoms with van der Waals surface area (Å²) < 4.78 is 32.6. The predicted molar refractivity (Wildman–Crippen MR) is 99.3 cm³/mol. The lowest BCUT2D eigenvalue weighted by molar-refractivity contribution is 0.0690. The fraction of sp³-hybridized carbons (Fsp3) is 0.158. The predicted octanol–water partition coefficient (Wildman–Crippen LogP) is 3.27. The van der Waals surface area contributed by atoms with Gasteiger partial charge in [-0.05, 0) is 19.1 Å². The summed E-state index contributed by atoms with van der Waals surface area (Å²) in [6.45, 7) is 1.34. The highest BCUT2D eigenvalue weighted by Gasteiger charge is 2.18. The first kappa shape index (κ1) is 20.4. The molecule has 2 heterocycles. The number of H-pyrrole nitrogens is 1. The molecule has 0 saturated carbocycles. The van der Waals surface area contributed by atoms with Crippen molar-refractivity contribution in [1.82, 2.24) is 15.0 Å². The molecule has 1 aromatic carbocycles. The van der Waals surface area contributed by atoms with E-state index in [1.54, 1.807) is 6.92 Å². The van der Waals surface area contributed by atoms with Gasteiger partial charge in [-0.25, -0.2) is 18.6 Å². The van der Waals surface area contributed by atoms with Crippen molar-refractivity contribution >= 4 is 17.6 Å². The van der Waals surface area contributed by atoms with Gasteiger partial charge in [-0.2, -0.15) is 0 Å². The van der Waals surface area contributed by atoms with Crippen LogP contribution in [0.25, 0.3) is 0 Å². The molecule has 3 aromatic rings. The Bertz CT molecular complexity index is 1130. The fourth-order valence-corrected chi connectivity index (χ4v) is 2.81. The number of hydrogen-bond acceptors (Lipinski definition) is 5. The van der Waals surface area contributed by atoms with Crippen LogP contribution in [0.1, 0.15) is 33.0 Å². The number of aromatic amines is 1. The highest BCUT2D eigenvalue weighted by molar-refractivity contribution is 6.32. The summed E-state index contributed by atoms with van der Waals surface area (Å²) in [5.41, 5.74) is 0.589. The number of pyridine rings is 1. The molecule has 150 valence electrons. The summed E-state index contributed by atoms with van der Waals surface area (Å²) in [7, 11) is 0. The number of halogens is 3. The Balaban J connectivity index is 1.93. The van der Waals surface area contributed by atoms with Crippen molar-refractivity contribution in [2.45, 2.75) is 20.0 Å². The van der Waals surface area contributed by atoms with E-state index in [9.17, 15) is 18.4 Å². The summed E-state index contributed by atoms with van der Waals surface area (Å²) in [4.78, 5) is 33.3. The van der Waals surface area contributed by atoms with Crippen LogP contribution in [-0.4, -0.2) is 26.0 Å². The molecule has 2 aromatic heterocycles. The van der Waals surface area contributed by atoms with Gasteiger partial charge in [0.25, 0.3) is 5.56 Å². The first-order valence-corrected chi connectivity index (χ1v) is 8.66. The minimum atomic E-state index is -1.21. The second kappa shape index (κ2) is 8.36. The molecular weight excluding hydrogens is 408 g/mol. The molecule has 0 unspecified atom stereocenters. The fourth-order valence-electron chi connectivity index (χ4n) is 2.60. The molecule has 0 amide bonds. The number of ether oxygens (including phenoxy) is 1. The Hall–Kier alpha value is -3.33. The Morgan fingerprint density at radius 2 is 2.03 bits per heavy atom. The van der Waals surface area contributed by atoms with Crippen LogP contribution in [-0.2, 0) is 13.0 Å². The van der Waals surface area contributed by atoms with E-state index in [0.717, 1.165) is 18.3 Å². The number of nitrogens with zero attached hydrogens (tertiary/aromatic N) is 2. The van der Waals surface area contributed by atoms with Crippen molar-refractivity contribution in [2.75, 3.05) is 0 Å². The molecule has 0 radical (unpaired) electrons. The molecule has 0 bridgehead atoms. The molecule has 7 nitrogen and oxygen atoms in total. The zero-order chi connectivity index (χ0) is 21.1. The molecule has 29 heavy (non-hydrogen) atoms. The summed E-state index contributed by atoms with van der Waals surface area (Å²) in [5, 5.41) is 8.67. The van der Waals surface area contributed by atoms with Gasteiger partial charge in [0.2, 0.25) is 0 Å². The van der Waals surface area contributed by atoms with Gasteiger partial charge in [0.1, 0.15) is 29.0 Å². The molecule has 2 N–H and O–H groups in total. The van der Waals surface area contributed by atoms with Crippen molar-refractivity contribution < 1.29 is 23.4 Å². The number of rotatable bonds is 6. The number of aromatic carboxylic acids is 1. The van der Waals surface area contributed by atoms with Crippen molar-refractivity contribution in [3.8, 4) is 5.75 Å². The smallest absolute Gasteiger partial charge is 0.356 e. The lowest BCUT2D eigenvalue weighted by Gasteiger charge is -2.15. The van der Waals surface area contributed by atoms with E-state index in [1.807, 2.05) is 0 Å². The second-order valence-electron chi connectivity index (χ2n) is 6.10. The number of hydrogen-bond donors (Lipinski definition) is 2. The molecule has 0 spiro atoms. The maximum atomic E-state index is 13.9. The van der Waals surface area contributed by atoms with E-state index >= 15 is 0 Å². The molecule has 0 aliphatic carbocycles. The Morgan fingerprint density at radius 1 is 1.28 bits per heavy atom. The summed E-state index contributed by atoms with van der Waals surface area (Å²) in [5.74, 6) is -2.70. The Labute approximate surface area is 168 Å². The van der Waals surface area contributed by atoms with E-state index in [4.69, 9.17) is 21.4 Å². The number of aryl methyl sites for hydroxylation is 1. The summed E-state index contributed by atoms with van der Waals surface area (Å²) in [6.07, 6.45) is 2.51. The number of aromatic nitrogens is 3. The minimum Gasteiger partial charge on any atom is -0.487 e. The lowest BCUT2D eigenvalue weighted by atomic mass is 10.1. The number of carboxylic acids is 1. The lowest BCUT2D eigenvalue weighted by Crippen LogP contribution is -2.15. The van der Waals surface area contributed by atoms with Gasteiger partial charge in [0, 0.05) is 35.5 Å². The molecule has 0 aliphatic rings. The summed E-state index contributed by atoms with van der Waals surface area (Å²) >= 11 is 6.10. The van der Waals surface area contributed by atoms with Crippen LogP contribution in [0.3, 0.4) is 0 Å². The number of carboxylic acid groups (broad SMARTS) is 1. The monoisotopic (exact) mass is 421 g/mol. The van der Waals surface area contributed by atoms with Gasteiger partial charge in [-0.1, -0.05) is 11.6 Å². The maximum Gasteiger partial charge on any atom is 0.356 e. The van der Waals surface area contributed by atoms with E-state index in [2.05, 4.69) is 15.0 Å². The molecular formula is C19H14ClF2N3O4. The third-order valence-corrected chi connectivity index (χ3v) is 4.44. The molecule has 0 fully saturated rings. The normalized spacial score (nSPS) is 10.8. The van der Waals surface area contributed by atoms with Crippen LogP contribution in [0.5, 0.6) is 5.75 Å². The molecule has 0 atom stereocenters. The molecule has 3 rings (SSSR count). The van der Waals surface area contributed by atoms with Gasteiger partial charge >= 0.3 is 5.97 Å². The van der Waals surface area contributed by atoms with Crippen molar-refractivity contribution in [3.63, 3.8) is 0 Å². The minimum absolute atomic E-state index is 0.0285. The molecule has 10 heteroatoms. The zero-order valence-electron chi connectivity index (χ0n) is 15.0. The Morgan fingerprint density at radius 3 is 2.66 bits per heavy atom. The largest absolute Gasteiger partial charge is 0.487 e. The SMILES string of the molecule is Cc1[nH]c(=O)c(Cl)c(OCc2ccc(F)cc2F)c1Cc1cnc(C(=O)O)cn1. The van der Waals surface area contributed by atoms with Crippen LogP contribution < -0.4 is 10.3 Å². The second-order valence-corrected chi connectivity index (χ2v) is 6.48. The van der Waals surface area contributed by atoms with Gasteiger partial charge in [0.05, 0.1) is 11.9 Å². The van der Waals surface area contributed by atoms with Crippen molar-refractivity contribution in [3.05, 3.63) is 85.8 Å². The average molecular weight is 422 g/mol. The average Bonchev–Trinajstić information content (AvgIpc) is 2.67. The highest BCUT2D eigenvalue weighted by Crippen LogP contribution is 2.30. The van der Waals surface area contributed by atoms with Crippen LogP contribution in [0, 0.1) is 18.6 Å². The Kier molecular flexibility index (Phi) is 5.88. The van der Waals surface area contributed by atoms with Crippen molar-refractivity contribution in [2.24, 2.45) is 0 Å². The third-order valence-electron chi connectivity index (χ3n) is 4.10. The van der Waals surface area contributed by atoms with Crippen LogP contribution in [0.15, 0.2) is 35.4 Å². The van der Waals surface area contributed by atoms with Crippen LogP contribution >= 0.6 is 11.6 Å². The quantitative estimate of drug-likeness (QED) is 0.633. The van der Waals surface area contributed by atoms with Crippen LogP contribution in [0.2, 0.25) is 5.02 Å². The number of nitrogens with one attached hydrogen (secondary N) is 1. The standard InChI is InChI=1S/C19H14ClF2N3O4/c1-9-13(5-12-6-24-15(7-23-12)19(27)28)17(16(20)18(26)25-9)29-8-10-2-3-11(21)4-14(10)22/h2-4,6-7H,5,8H2,1H3,(H,25,26)(H,27,28). The third kappa shape index (κ3) is 4.57. The van der Waals surface area contributed by atoms with E-state index in [1.165, 1.54) is 12.3 Å². The molecule has 0 saturated heterocycles. The first-order valence-electron chi connectivity index (χ1n) is 8.28. The van der Waals surface area contributed by atoms with E-state index in [0.29, 0.717) is 17.0 Å². The van der Waals surface area contributed by atoms with Gasteiger partial charge < -0.3 is 14.8 Å². The molecule has 0 aliphatic heterocycles. The van der Waals surface area contributed by atoms with Crippen molar-refractivity contribution in [1.29, 1.82) is 0 Å². The highest BCUT2D eigenvalue weighted by atomic mass is 35.5. The van der Waals surface area contributed by atoms with E-state index < -0.39 is 23.2 Å². The van der Waals surface area contributed by atoms with Gasteiger partial charge in [-0.15, -0.1) is 0 Å². The topological polar surface area (TPSA) is 105 Å². The van der Waals surface area contributed by atoms with E-state index in [-0.39, 0.29) is 35.1 Å². The van der Waals surface area contributed by atoms with Gasteiger partial charge in [-0.3, -0.25) is 9.78 Å². The van der Waals surface area contributed by atoms with Gasteiger partial charge in [0.15, 0.2) is 5.69 Å². The maximum absolute atomic E-state index is 13.9. The first-order chi connectivity index (χ1) is 13.8.